The van der Waals surface area contributed by atoms with Crippen molar-refractivity contribution in [2.24, 2.45) is 11.7 Å². The van der Waals surface area contributed by atoms with Gasteiger partial charge in [0.1, 0.15) is 5.76 Å². The molecular formula is C9H14BrNO. The Kier molecular flexibility index (Phi) is 3.35. The summed E-state index contributed by atoms with van der Waals surface area (Å²) in [4.78, 5) is 0. The van der Waals surface area contributed by atoms with Gasteiger partial charge >= 0.3 is 0 Å². The molecule has 0 spiro atoms. The van der Waals surface area contributed by atoms with E-state index < -0.39 is 0 Å². The Morgan fingerprint density at radius 1 is 1.58 bits per heavy atom. The van der Waals surface area contributed by atoms with Crippen LogP contribution in [0.2, 0.25) is 0 Å². The van der Waals surface area contributed by atoms with E-state index in [-0.39, 0.29) is 6.04 Å². The number of furan rings is 1. The second-order valence-electron chi connectivity index (χ2n) is 3.05. The lowest BCUT2D eigenvalue weighted by Gasteiger charge is -2.15. The highest BCUT2D eigenvalue weighted by Crippen LogP contribution is 2.25. The molecule has 12 heavy (non-hydrogen) atoms. The summed E-state index contributed by atoms with van der Waals surface area (Å²) in [5, 5.41) is 0. The van der Waals surface area contributed by atoms with E-state index in [9.17, 15) is 0 Å². The molecule has 0 aliphatic rings. The van der Waals surface area contributed by atoms with Crippen LogP contribution in [0.15, 0.2) is 21.2 Å². The van der Waals surface area contributed by atoms with Gasteiger partial charge in [0.05, 0.1) is 6.04 Å². The van der Waals surface area contributed by atoms with E-state index in [1.54, 1.807) is 0 Å². The van der Waals surface area contributed by atoms with Gasteiger partial charge in [-0.2, -0.15) is 0 Å². The van der Waals surface area contributed by atoms with Crippen molar-refractivity contribution in [1.82, 2.24) is 0 Å². The van der Waals surface area contributed by atoms with Gasteiger partial charge in [0.25, 0.3) is 0 Å². The summed E-state index contributed by atoms with van der Waals surface area (Å²) < 4.78 is 6.11. The van der Waals surface area contributed by atoms with Crippen LogP contribution in [0.25, 0.3) is 0 Å². The van der Waals surface area contributed by atoms with Crippen LogP contribution < -0.4 is 5.73 Å². The molecule has 1 heterocycles. The normalized spacial score (nSPS) is 16.0. The molecule has 1 rings (SSSR count). The first-order valence-corrected chi connectivity index (χ1v) is 4.95. The van der Waals surface area contributed by atoms with Gasteiger partial charge in [-0.05, 0) is 34.0 Å². The van der Waals surface area contributed by atoms with Gasteiger partial charge < -0.3 is 10.2 Å². The van der Waals surface area contributed by atoms with Gasteiger partial charge in [-0.25, -0.2) is 0 Å². The third-order valence-electron chi connectivity index (χ3n) is 2.18. The molecule has 0 aromatic carbocycles. The van der Waals surface area contributed by atoms with Crippen molar-refractivity contribution in [2.45, 2.75) is 26.3 Å². The monoisotopic (exact) mass is 231 g/mol. The molecule has 2 atom stereocenters. The highest BCUT2D eigenvalue weighted by atomic mass is 79.9. The Morgan fingerprint density at radius 3 is 2.67 bits per heavy atom. The molecule has 0 amide bonds. The van der Waals surface area contributed by atoms with Crippen molar-refractivity contribution in [2.75, 3.05) is 0 Å². The number of nitrogens with two attached hydrogens (primary N) is 1. The van der Waals surface area contributed by atoms with E-state index in [4.69, 9.17) is 10.2 Å². The maximum absolute atomic E-state index is 5.95. The molecule has 0 bridgehead atoms. The summed E-state index contributed by atoms with van der Waals surface area (Å²) in [7, 11) is 0. The van der Waals surface area contributed by atoms with Gasteiger partial charge in [0.15, 0.2) is 4.67 Å². The van der Waals surface area contributed by atoms with Gasteiger partial charge in [0.2, 0.25) is 0 Å². The van der Waals surface area contributed by atoms with Crippen LogP contribution in [-0.4, -0.2) is 0 Å². The number of hydrogen-bond acceptors (Lipinski definition) is 2. The zero-order valence-corrected chi connectivity index (χ0v) is 8.97. The minimum absolute atomic E-state index is 0.0151. The van der Waals surface area contributed by atoms with Crippen molar-refractivity contribution >= 4 is 15.9 Å². The topological polar surface area (TPSA) is 39.2 Å². The lowest BCUT2D eigenvalue weighted by Crippen LogP contribution is -2.17. The van der Waals surface area contributed by atoms with Crippen molar-refractivity contribution in [3.63, 3.8) is 0 Å². The molecule has 0 aliphatic heterocycles. The van der Waals surface area contributed by atoms with Crippen molar-refractivity contribution in [3.8, 4) is 0 Å². The van der Waals surface area contributed by atoms with Gasteiger partial charge in [-0.1, -0.05) is 20.3 Å². The molecule has 1 aromatic heterocycles. The summed E-state index contributed by atoms with van der Waals surface area (Å²) in [6.07, 6.45) is 1.07. The maximum Gasteiger partial charge on any atom is 0.169 e. The Morgan fingerprint density at radius 2 is 2.25 bits per heavy atom. The summed E-state index contributed by atoms with van der Waals surface area (Å²) in [6, 6.07) is 3.81. The highest BCUT2D eigenvalue weighted by molar-refractivity contribution is 9.10. The largest absolute Gasteiger partial charge is 0.453 e. The smallest absolute Gasteiger partial charge is 0.169 e. The predicted octanol–water partition coefficient (Wildman–Crippen LogP) is 3.09. The van der Waals surface area contributed by atoms with Crippen molar-refractivity contribution < 1.29 is 4.42 Å². The summed E-state index contributed by atoms with van der Waals surface area (Å²) in [5.74, 6) is 1.32. The average Bonchev–Trinajstić information content (AvgIpc) is 2.49. The second kappa shape index (κ2) is 4.10. The predicted molar refractivity (Wildman–Crippen MR) is 52.8 cm³/mol. The molecular weight excluding hydrogens is 218 g/mol. The van der Waals surface area contributed by atoms with Crippen LogP contribution in [-0.2, 0) is 0 Å². The van der Waals surface area contributed by atoms with Crippen LogP contribution in [0.3, 0.4) is 0 Å². The quantitative estimate of drug-likeness (QED) is 0.869. The van der Waals surface area contributed by atoms with E-state index in [0.29, 0.717) is 5.92 Å². The van der Waals surface area contributed by atoms with E-state index in [2.05, 4.69) is 29.8 Å². The molecule has 68 valence electrons. The highest BCUT2D eigenvalue weighted by Gasteiger charge is 2.15. The zero-order valence-electron chi connectivity index (χ0n) is 7.38. The van der Waals surface area contributed by atoms with Crippen LogP contribution in [0.1, 0.15) is 32.1 Å². The first kappa shape index (κ1) is 9.81. The average molecular weight is 232 g/mol. The second-order valence-corrected chi connectivity index (χ2v) is 3.83. The SMILES string of the molecule is CCC(C)C(N)c1ccc(Br)o1. The standard InChI is InChI=1S/C9H14BrNO/c1-3-6(2)9(11)7-4-5-8(10)12-7/h4-6,9H,3,11H2,1-2H3. The first-order valence-electron chi connectivity index (χ1n) is 4.16. The first-order chi connectivity index (χ1) is 5.65. The molecule has 2 unspecified atom stereocenters. The van der Waals surface area contributed by atoms with Gasteiger partial charge in [-0.15, -0.1) is 0 Å². The molecule has 2 nitrogen and oxygen atoms in total. The lowest BCUT2D eigenvalue weighted by atomic mass is 9.98. The third-order valence-corrected chi connectivity index (χ3v) is 2.61. The molecule has 0 saturated carbocycles. The van der Waals surface area contributed by atoms with Crippen LogP contribution in [0.4, 0.5) is 0 Å². The molecule has 0 fully saturated rings. The van der Waals surface area contributed by atoms with Crippen LogP contribution >= 0.6 is 15.9 Å². The summed E-state index contributed by atoms with van der Waals surface area (Å²) in [6.45, 7) is 4.25. The van der Waals surface area contributed by atoms with E-state index in [0.717, 1.165) is 16.9 Å². The van der Waals surface area contributed by atoms with Gasteiger partial charge in [0, 0.05) is 0 Å². The minimum atomic E-state index is 0.0151. The van der Waals surface area contributed by atoms with Crippen LogP contribution in [0, 0.1) is 5.92 Å². The molecule has 0 aliphatic carbocycles. The maximum atomic E-state index is 5.95. The van der Waals surface area contributed by atoms with E-state index in [1.165, 1.54) is 0 Å². The Hall–Kier alpha value is -0.280. The minimum Gasteiger partial charge on any atom is -0.453 e. The fourth-order valence-electron chi connectivity index (χ4n) is 1.04. The molecule has 3 heteroatoms. The van der Waals surface area contributed by atoms with E-state index >= 15 is 0 Å². The fourth-order valence-corrected chi connectivity index (χ4v) is 1.36. The number of hydrogen-bond donors (Lipinski definition) is 1. The van der Waals surface area contributed by atoms with Crippen molar-refractivity contribution in [1.29, 1.82) is 0 Å². The Balaban J connectivity index is 2.70. The third kappa shape index (κ3) is 2.11. The summed E-state index contributed by atoms with van der Waals surface area (Å²) >= 11 is 3.25. The molecule has 0 saturated heterocycles. The number of halogens is 1. The Labute approximate surface area is 81.3 Å². The number of rotatable bonds is 3. The molecule has 1 aromatic rings. The van der Waals surface area contributed by atoms with Crippen LogP contribution in [0.5, 0.6) is 0 Å². The van der Waals surface area contributed by atoms with Crippen molar-refractivity contribution in [3.05, 3.63) is 22.6 Å². The van der Waals surface area contributed by atoms with Gasteiger partial charge in [-0.3, -0.25) is 0 Å². The zero-order chi connectivity index (χ0) is 9.14. The van der Waals surface area contributed by atoms with E-state index in [1.807, 2.05) is 12.1 Å². The lowest BCUT2D eigenvalue weighted by molar-refractivity contribution is 0.369. The molecule has 2 N–H and O–H groups in total. The molecule has 0 radical (unpaired) electrons. The Bertz CT molecular complexity index is 246. The fraction of sp³-hybridized carbons (Fsp3) is 0.556. The summed E-state index contributed by atoms with van der Waals surface area (Å²) in [5.41, 5.74) is 5.95.